The molecule has 3 heteroatoms. The molecule has 2 N–H and O–H groups in total. The molecule has 0 atom stereocenters. The summed E-state index contributed by atoms with van der Waals surface area (Å²) >= 11 is 0. The molecule has 0 fully saturated rings. The minimum absolute atomic E-state index is 0.144. The number of aliphatic hydroxyl groups excluding tert-OH is 1. The summed E-state index contributed by atoms with van der Waals surface area (Å²) in [4.78, 5) is 10.5. The molecule has 0 saturated carbocycles. The first kappa shape index (κ1) is 10.9. The smallest absolute Gasteiger partial charge is 0.150 e. The average Bonchev–Trinajstić information content (AvgIpc) is 2.20. The van der Waals surface area contributed by atoms with Crippen LogP contribution in [0.15, 0.2) is 18.2 Å². The summed E-state index contributed by atoms with van der Waals surface area (Å²) in [7, 11) is 0. The fourth-order valence-electron chi connectivity index (χ4n) is 1.29. The van der Waals surface area contributed by atoms with Crippen molar-refractivity contribution in [3.8, 4) is 0 Å². The van der Waals surface area contributed by atoms with E-state index in [0.717, 1.165) is 24.0 Å². The summed E-state index contributed by atoms with van der Waals surface area (Å²) in [6.07, 6.45) is 0.845. The van der Waals surface area contributed by atoms with Crippen molar-refractivity contribution in [2.24, 2.45) is 0 Å². The lowest BCUT2D eigenvalue weighted by Crippen LogP contribution is -2.18. The van der Waals surface area contributed by atoms with Crippen molar-refractivity contribution in [1.29, 1.82) is 0 Å². The molecule has 0 radical (unpaired) electrons. The molecule has 1 aromatic rings. The Morgan fingerprint density at radius 1 is 1.50 bits per heavy atom. The van der Waals surface area contributed by atoms with Crippen molar-refractivity contribution in [3.63, 3.8) is 0 Å². The molecular formula is C11H15NO2. The SMILES string of the molecule is Cc1cc(C=O)ccc1CNCCO. The number of aliphatic hydroxyl groups is 1. The average molecular weight is 193 g/mol. The summed E-state index contributed by atoms with van der Waals surface area (Å²) in [5.41, 5.74) is 2.96. The van der Waals surface area contributed by atoms with Gasteiger partial charge in [0, 0.05) is 18.7 Å². The number of benzene rings is 1. The van der Waals surface area contributed by atoms with Crippen molar-refractivity contribution in [3.05, 3.63) is 34.9 Å². The van der Waals surface area contributed by atoms with Crippen LogP contribution in [0.4, 0.5) is 0 Å². The van der Waals surface area contributed by atoms with Crippen LogP contribution < -0.4 is 5.32 Å². The first-order chi connectivity index (χ1) is 6.77. The molecular weight excluding hydrogens is 178 g/mol. The van der Waals surface area contributed by atoms with Crippen molar-refractivity contribution in [2.45, 2.75) is 13.5 Å². The number of rotatable bonds is 5. The molecule has 1 aromatic carbocycles. The van der Waals surface area contributed by atoms with E-state index in [-0.39, 0.29) is 6.61 Å². The van der Waals surface area contributed by atoms with E-state index in [1.807, 2.05) is 19.1 Å². The van der Waals surface area contributed by atoms with Gasteiger partial charge in [-0.2, -0.15) is 0 Å². The molecule has 0 aliphatic heterocycles. The lowest BCUT2D eigenvalue weighted by Gasteiger charge is -2.06. The number of nitrogens with one attached hydrogen (secondary N) is 1. The van der Waals surface area contributed by atoms with E-state index in [2.05, 4.69) is 5.32 Å². The number of aldehydes is 1. The lowest BCUT2D eigenvalue weighted by atomic mass is 10.1. The second kappa shape index (κ2) is 5.52. The molecule has 0 spiro atoms. The minimum atomic E-state index is 0.144. The van der Waals surface area contributed by atoms with Gasteiger partial charge in [0.15, 0.2) is 0 Å². The highest BCUT2D eigenvalue weighted by Gasteiger charge is 1.98. The largest absolute Gasteiger partial charge is 0.395 e. The summed E-state index contributed by atoms with van der Waals surface area (Å²) in [6.45, 7) is 3.44. The predicted octanol–water partition coefficient (Wildman–Crippen LogP) is 0.889. The molecule has 0 aromatic heterocycles. The molecule has 0 aliphatic carbocycles. The molecule has 1 rings (SSSR count). The maximum atomic E-state index is 10.5. The van der Waals surface area contributed by atoms with E-state index < -0.39 is 0 Å². The van der Waals surface area contributed by atoms with E-state index in [9.17, 15) is 4.79 Å². The second-order valence-corrected chi connectivity index (χ2v) is 3.20. The molecule has 3 nitrogen and oxygen atoms in total. The lowest BCUT2D eigenvalue weighted by molar-refractivity contribution is 0.112. The molecule has 0 heterocycles. The summed E-state index contributed by atoms with van der Waals surface area (Å²) < 4.78 is 0. The van der Waals surface area contributed by atoms with Gasteiger partial charge in [0.2, 0.25) is 0 Å². The summed E-state index contributed by atoms with van der Waals surface area (Å²) in [6, 6.07) is 5.60. The van der Waals surface area contributed by atoms with Crippen LogP contribution in [0.25, 0.3) is 0 Å². The van der Waals surface area contributed by atoms with Gasteiger partial charge in [-0.25, -0.2) is 0 Å². The Bertz CT molecular complexity index is 310. The maximum Gasteiger partial charge on any atom is 0.150 e. The maximum absolute atomic E-state index is 10.5. The van der Waals surface area contributed by atoms with Gasteiger partial charge in [-0.1, -0.05) is 12.1 Å². The van der Waals surface area contributed by atoms with Crippen LogP contribution in [-0.4, -0.2) is 24.5 Å². The van der Waals surface area contributed by atoms with Crippen LogP contribution in [0.3, 0.4) is 0 Å². The Kier molecular flexibility index (Phi) is 4.29. The van der Waals surface area contributed by atoms with Gasteiger partial charge in [-0.05, 0) is 24.1 Å². The Hall–Kier alpha value is -1.19. The monoisotopic (exact) mass is 193 g/mol. The van der Waals surface area contributed by atoms with Gasteiger partial charge >= 0.3 is 0 Å². The first-order valence-electron chi connectivity index (χ1n) is 4.64. The standard InChI is InChI=1S/C11H15NO2/c1-9-6-10(8-14)2-3-11(9)7-12-4-5-13/h2-3,6,8,12-13H,4-5,7H2,1H3. The fraction of sp³-hybridized carbons (Fsp3) is 0.364. The summed E-state index contributed by atoms with van der Waals surface area (Å²) in [5.74, 6) is 0. The Morgan fingerprint density at radius 2 is 2.29 bits per heavy atom. The van der Waals surface area contributed by atoms with E-state index in [1.165, 1.54) is 0 Å². The minimum Gasteiger partial charge on any atom is -0.395 e. The molecule has 0 saturated heterocycles. The Labute approximate surface area is 83.8 Å². The fourth-order valence-corrected chi connectivity index (χ4v) is 1.29. The molecule has 0 amide bonds. The topological polar surface area (TPSA) is 49.3 Å². The van der Waals surface area contributed by atoms with E-state index >= 15 is 0 Å². The van der Waals surface area contributed by atoms with E-state index in [4.69, 9.17) is 5.11 Å². The van der Waals surface area contributed by atoms with Gasteiger partial charge in [-0.15, -0.1) is 0 Å². The molecule has 0 aliphatic rings. The second-order valence-electron chi connectivity index (χ2n) is 3.20. The third-order valence-corrected chi connectivity index (χ3v) is 2.11. The zero-order chi connectivity index (χ0) is 10.4. The van der Waals surface area contributed by atoms with Gasteiger partial charge in [-0.3, -0.25) is 4.79 Å². The normalized spacial score (nSPS) is 10.1. The van der Waals surface area contributed by atoms with E-state index in [1.54, 1.807) is 6.07 Å². The van der Waals surface area contributed by atoms with Crippen LogP contribution in [0.5, 0.6) is 0 Å². The van der Waals surface area contributed by atoms with Crippen molar-refractivity contribution < 1.29 is 9.90 Å². The van der Waals surface area contributed by atoms with E-state index in [0.29, 0.717) is 12.1 Å². The predicted molar refractivity (Wildman–Crippen MR) is 55.4 cm³/mol. The number of hydrogen-bond acceptors (Lipinski definition) is 3. The van der Waals surface area contributed by atoms with Crippen LogP contribution in [0.1, 0.15) is 21.5 Å². The molecule has 14 heavy (non-hydrogen) atoms. The van der Waals surface area contributed by atoms with Crippen LogP contribution in [-0.2, 0) is 6.54 Å². The third-order valence-electron chi connectivity index (χ3n) is 2.11. The quantitative estimate of drug-likeness (QED) is 0.539. The number of carbonyl (C=O) groups excluding carboxylic acids is 1. The summed E-state index contributed by atoms with van der Waals surface area (Å²) in [5, 5.41) is 11.7. The number of carbonyl (C=O) groups is 1. The Morgan fingerprint density at radius 3 is 2.86 bits per heavy atom. The first-order valence-corrected chi connectivity index (χ1v) is 4.64. The van der Waals surface area contributed by atoms with Gasteiger partial charge < -0.3 is 10.4 Å². The molecule has 0 unspecified atom stereocenters. The van der Waals surface area contributed by atoms with Crippen molar-refractivity contribution in [1.82, 2.24) is 5.32 Å². The Balaban J connectivity index is 2.64. The van der Waals surface area contributed by atoms with Crippen LogP contribution in [0, 0.1) is 6.92 Å². The number of aryl methyl sites for hydroxylation is 1. The highest BCUT2D eigenvalue weighted by Crippen LogP contribution is 2.09. The highest BCUT2D eigenvalue weighted by atomic mass is 16.3. The van der Waals surface area contributed by atoms with Crippen molar-refractivity contribution >= 4 is 6.29 Å². The van der Waals surface area contributed by atoms with Gasteiger partial charge in [0.05, 0.1) is 6.61 Å². The van der Waals surface area contributed by atoms with Crippen LogP contribution >= 0.6 is 0 Å². The van der Waals surface area contributed by atoms with Gasteiger partial charge in [0.1, 0.15) is 6.29 Å². The zero-order valence-electron chi connectivity index (χ0n) is 8.29. The number of hydrogen-bond donors (Lipinski definition) is 2. The molecule has 0 bridgehead atoms. The van der Waals surface area contributed by atoms with Crippen molar-refractivity contribution in [2.75, 3.05) is 13.2 Å². The highest BCUT2D eigenvalue weighted by molar-refractivity contribution is 5.75. The van der Waals surface area contributed by atoms with Gasteiger partial charge in [0.25, 0.3) is 0 Å². The molecule has 76 valence electrons. The zero-order valence-corrected chi connectivity index (χ0v) is 8.29. The van der Waals surface area contributed by atoms with Crippen LogP contribution in [0.2, 0.25) is 0 Å². The third kappa shape index (κ3) is 2.94.